The van der Waals surface area contributed by atoms with Crippen molar-refractivity contribution in [2.75, 3.05) is 36.1 Å². The first-order valence-corrected chi connectivity index (χ1v) is 7.76. The quantitative estimate of drug-likeness (QED) is 0.799. The average Bonchev–Trinajstić information content (AvgIpc) is 2.56. The zero-order valence-electron chi connectivity index (χ0n) is 13.5. The Morgan fingerprint density at radius 2 is 2.18 bits per heavy atom. The van der Waals surface area contributed by atoms with Gasteiger partial charge in [0.25, 0.3) is 0 Å². The first-order chi connectivity index (χ1) is 10.6. The minimum Gasteiger partial charge on any atom is -0.469 e. The van der Waals surface area contributed by atoms with Crippen molar-refractivity contribution in [2.45, 2.75) is 39.2 Å². The van der Waals surface area contributed by atoms with Crippen LogP contribution in [0.3, 0.4) is 0 Å². The minimum atomic E-state index is -0.130. The molecule has 0 spiro atoms. The van der Waals surface area contributed by atoms with Crippen LogP contribution in [-0.4, -0.2) is 42.2 Å². The van der Waals surface area contributed by atoms with E-state index in [1.54, 1.807) is 0 Å². The lowest BCUT2D eigenvalue weighted by atomic mass is 9.97. The molecule has 2 rings (SSSR count). The number of aromatic nitrogens is 2. The molecule has 1 saturated heterocycles. The van der Waals surface area contributed by atoms with Crippen molar-refractivity contribution in [2.24, 2.45) is 5.92 Å². The maximum Gasteiger partial charge on any atom is 0.308 e. The summed E-state index contributed by atoms with van der Waals surface area (Å²) >= 11 is 0. The van der Waals surface area contributed by atoms with E-state index in [2.05, 4.69) is 34.0 Å². The number of carbonyl (C=O) groups is 1. The fourth-order valence-corrected chi connectivity index (χ4v) is 2.58. The highest BCUT2D eigenvalue weighted by Crippen LogP contribution is 2.30. The summed E-state index contributed by atoms with van der Waals surface area (Å²) < 4.78 is 4.81. The monoisotopic (exact) mass is 307 g/mol. The fraction of sp³-hybridized carbons (Fsp3) is 0.667. The number of hydrogen-bond donors (Lipinski definition) is 2. The maximum atomic E-state index is 11.6. The molecule has 0 aliphatic carbocycles. The Bertz CT molecular complexity index is 515. The van der Waals surface area contributed by atoms with E-state index < -0.39 is 0 Å². The topological polar surface area (TPSA) is 93.4 Å². The van der Waals surface area contributed by atoms with Crippen LogP contribution in [0, 0.1) is 5.92 Å². The molecule has 3 N–H and O–H groups in total. The summed E-state index contributed by atoms with van der Waals surface area (Å²) in [5.41, 5.74) is 6.79. The summed E-state index contributed by atoms with van der Waals surface area (Å²) in [6, 6.07) is 0.301. The number of nitrogens with one attached hydrogen (secondary N) is 1. The Labute approximate surface area is 131 Å². The number of nitrogen functional groups attached to an aromatic ring is 1. The third-order valence-corrected chi connectivity index (χ3v) is 4.19. The highest BCUT2D eigenvalue weighted by Gasteiger charge is 2.27. The highest BCUT2D eigenvalue weighted by atomic mass is 16.5. The lowest BCUT2D eigenvalue weighted by molar-refractivity contribution is -0.146. The zero-order valence-corrected chi connectivity index (χ0v) is 13.5. The van der Waals surface area contributed by atoms with E-state index in [0.29, 0.717) is 17.5 Å². The Kier molecular flexibility index (Phi) is 5.41. The number of nitrogens with zero attached hydrogens (tertiary/aromatic N) is 3. The molecule has 2 heterocycles. The summed E-state index contributed by atoms with van der Waals surface area (Å²) in [6.07, 6.45) is 4.03. The zero-order chi connectivity index (χ0) is 16.1. The van der Waals surface area contributed by atoms with Crippen LogP contribution < -0.4 is 16.0 Å². The number of rotatable bonds is 5. The van der Waals surface area contributed by atoms with E-state index in [9.17, 15) is 4.79 Å². The molecule has 0 aromatic carbocycles. The summed E-state index contributed by atoms with van der Waals surface area (Å²) in [5, 5.41) is 3.30. The Morgan fingerprint density at radius 1 is 1.50 bits per heavy atom. The van der Waals surface area contributed by atoms with Gasteiger partial charge in [0.1, 0.15) is 12.0 Å². The number of methoxy groups -OCH3 is 1. The van der Waals surface area contributed by atoms with Crippen LogP contribution in [0.1, 0.15) is 33.1 Å². The predicted octanol–water partition coefficient (Wildman–Crippen LogP) is 1.66. The van der Waals surface area contributed by atoms with Crippen molar-refractivity contribution in [1.82, 2.24) is 9.97 Å². The van der Waals surface area contributed by atoms with E-state index in [1.807, 2.05) is 0 Å². The van der Waals surface area contributed by atoms with E-state index in [4.69, 9.17) is 10.5 Å². The molecule has 1 fully saturated rings. The second-order valence-electron chi connectivity index (χ2n) is 5.70. The minimum absolute atomic E-state index is 0.0259. The van der Waals surface area contributed by atoms with Gasteiger partial charge in [-0.1, -0.05) is 6.92 Å². The van der Waals surface area contributed by atoms with Crippen molar-refractivity contribution >= 4 is 23.3 Å². The van der Waals surface area contributed by atoms with E-state index in [0.717, 1.165) is 38.2 Å². The van der Waals surface area contributed by atoms with Gasteiger partial charge in [-0.15, -0.1) is 0 Å². The number of piperidine rings is 1. The van der Waals surface area contributed by atoms with Crippen LogP contribution in [0.2, 0.25) is 0 Å². The summed E-state index contributed by atoms with van der Waals surface area (Å²) in [5.74, 6) is 1.26. The van der Waals surface area contributed by atoms with Crippen LogP contribution in [0.15, 0.2) is 6.33 Å². The number of hydrogen-bond acceptors (Lipinski definition) is 7. The van der Waals surface area contributed by atoms with Gasteiger partial charge < -0.3 is 20.7 Å². The number of anilines is 3. The van der Waals surface area contributed by atoms with Crippen molar-refractivity contribution in [1.29, 1.82) is 0 Å². The number of ether oxygens (including phenoxy) is 1. The predicted molar refractivity (Wildman–Crippen MR) is 86.8 cm³/mol. The lowest BCUT2D eigenvalue weighted by Crippen LogP contribution is -2.37. The number of carbonyl (C=O) groups excluding carboxylic acids is 1. The molecule has 1 atom stereocenters. The molecule has 1 aliphatic heterocycles. The second-order valence-corrected chi connectivity index (χ2v) is 5.70. The van der Waals surface area contributed by atoms with Gasteiger partial charge in [-0.2, -0.15) is 0 Å². The van der Waals surface area contributed by atoms with Gasteiger partial charge in [0.05, 0.1) is 13.0 Å². The molecule has 122 valence electrons. The molecule has 0 amide bonds. The fourth-order valence-electron chi connectivity index (χ4n) is 2.58. The van der Waals surface area contributed by atoms with Crippen LogP contribution in [0.5, 0.6) is 0 Å². The van der Waals surface area contributed by atoms with Crippen molar-refractivity contribution in [3.63, 3.8) is 0 Å². The van der Waals surface area contributed by atoms with Gasteiger partial charge in [0.15, 0.2) is 11.6 Å². The van der Waals surface area contributed by atoms with Gasteiger partial charge in [0, 0.05) is 19.1 Å². The van der Waals surface area contributed by atoms with Gasteiger partial charge in [-0.05, 0) is 26.2 Å². The smallest absolute Gasteiger partial charge is 0.308 e. The summed E-state index contributed by atoms with van der Waals surface area (Å²) in [4.78, 5) is 22.2. The molecule has 0 radical (unpaired) electrons. The largest absolute Gasteiger partial charge is 0.469 e. The molecule has 7 heteroatoms. The third kappa shape index (κ3) is 3.58. The molecular formula is C15H25N5O2. The van der Waals surface area contributed by atoms with Crippen LogP contribution in [0.4, 0.5) is 17.3 Å². The molecule has 1 aliphatic rings. The highest BCUT2D eigenvalue weighted by molar-refractivity contribution is 5.76. The first-order valence-electron chi connectivity index (χ1n) is 7.76. The standard InChI is InChI=1S/C15H25N5O2/c1-4-10(2)19-13-12(16)14(18-9-17-13)20-7-5-11(6-8-20)15(21)22-3/h9-11H,4-8,16H2,1-3H3,(H,17,18,19). The molecule has 1 aromatic rings. The van der Waals surface area contributed by atoms with Gasteiger partial charge in [-0.3, -0.25) is 4.79 Å². The first kappa shape index (κ1) is 16.3. The summed E-state index contributed by atoms with van der Waals surface area (Å²) in [6.45, 7) is 5.67. The molecule has 0 bridgehead atoms. The van der Waals surface area contributed by atoms with Crippen molar-refractivity contribution in [3.8, 4) is 0 Å². The van der Waals surface area contributed by atoms with Crippen LogP contribution in [0.25, 0.3) is 0 Å². The molecule has 7 nitrogen and oxygen atoms in total. The van der Waals surface area contributed by atoms with Crippen LogP contribution in [-0.2, 0) is 9.53 Å². The van der Waals surface area contributed by atoms with E-state index in [1.165, 1.54) is 13.4 Å². The molecule has 1 aromatic heterocycles. The number of nitrogens with two attached hydrogens (primary N) is 1. The average molecular weight is 307 g/mol. The molecule has 0 saturated carbocycles. The normalized spacial score (nSPS) is 17.1. The molecule has 22 heavy (non-hydrogen) atoms. The Balaban J connectivity index is 2.07. The van der Waals surface area contributed by atoms with Crippen LogP contribution >= 0.6 is 0 Å². The lowest BCUT2D eigenvalue weighted by Gasteiger charge is -2.32. The number of esters is 1. The maximum absolute atomic E-state index is 11.6. The van der Waals surface area contributed by atoms with E-state index in [-0.39, 0.29) is 11.9 Å². The van der Waals surface area contributed by atoms with Crippen molar-refractivity contribution < 1.29 is 9.53 Å². The third-order valence-electron chi connectivity index (χ3n) is 4.19. The van der Waals surface area contributed by atoms with Gasteiger partial charge in [0.2, 0.25) is 0 Å². The second kappa shape index (κ2) is 7.29. The van der Waals surface area contributed by atoms with Gasteiger partial charge >= 0.3 is 5.97 Å². The summed E-state index contributed by atoms with van der Waals surface area (Å²) in [7, 11) is 1.43. The Hall–Kier alpha value is -2.05. The molecular weight excluding hydrogens is 282 g/mol. The van der Waals surface area contributed by atoms with Crippen molar-refractivity contribution in [3.05, 3.63) is 6.33 Å². The molecule has 1 unspecified atom stereocenters. The Morgan fingerprint density at radius 3 is 2.77 bits per heavy atom. The van der Waals surface area contributed by atoms with Gasteiger partial charge in [-0.25, -0.2) is 9.97 Å². The van der Waals surface area contributed by atoms with E-state index >= 15 is 0 Å². The SMILES string of the molecule is CCC(C)Nc1ncnc(N2CCC(C(=O)OC)CC2)c1N.